The van der Waals surface area contributed by atoms with Crippen molar-refractivity contribution < 1.29 is 0 Å². The van der Waals surface area contributed by atoms with E-state index in [0.29, 0.717) is 0 Å². The van der Waals surface area contributed by atoms with Crippen LogP contribution in [0.25, 0.3) is 46.4 Å². The van der Waals surface area contributed by atoms with Crippen molar-refractivity contribution in [2.24, 2.45) is 0 Å². The number of hydrogen-bond donors (Lipinski definition) is 2. The molecule has 5 rings (SSSR count). The fraction of sp³-hybridized carbons (Fsp3) is 0.286. The molecule has 8 bridgehead atoms. The molecule has 0 unspecified atom stereocenters. The molecule has 168 valence electrons. The number of rotatable bonds is 6. The van der Waals surface area contributed by atoms with Gasteiger partial charge in [0.05, 0.1) is 27.2 Å². The Hall–Kier alpha value is -2.92. The quantitative estimate of drug-likeness (QED) is 0.247. The zero-order valence-electron chi connectivity index (χ0n) is 19.2. The summed E-state index contributed by atoms with van der Waals surface area (Å²) >= 11 is 3.80. The second-order valence-corrected chi connectivity index (χ2v) is 9.50. The molecule has 2 aliphatic heterocycles. The molecule has 0 aliphatic carbocycles. The Morgan fingerprint density at radius 1 is 0.667 bits per heavy atom. The first-order valence-corrected chi connectivity index (χ1v) is 12.7. The highest BCUT2D eigenvalue weighted by Crippen LogP contribution is 2.29. The molecule has 0 fully saturated rings. The number of nitrogens with zero attached hydrogens (tertiary/aromatic N) is 2. The Labute approximate surface area is 203 Å². The van der Waals surface area contributed by atoms with Gasteiger partial charge < -0.3 is 9.97 Å². The SMILES string of the molecule is CCCCc1c2nc(c(Br)c3nc(c(CCCC)c4ccc(cc5ccc1[nH]5)[nH]4)C=C3)C=C2. The predicted octanol–water partition coefficient (Wildman–Crippen LogP) is 8.10. The molecule has 0 saturated carbocycles. The molecule has 0 atom stereocenters. The minimum Gasteiger partial charge on any atom is -0.355 e. The van der Waals surface area contributed by atoms with Crippen molar-refractivity contribution in [3.05, 3.63) is 68.7 Å². The summed E-state index contributed by atoms with van der Waals surface area (Å²) in [6.07, 6.45) is 15.0. The lowest BCUT2D eigenvalue weighted by atomic mass is 10.1. The summed E-state index contributed by atoms with van der Waals surface area (Å²) in [6, 6.07) is 10.8. The Morgan fingerprint density at radius 2 is 1.12 bits per heavy atom. The van der Waals surface area contributed by atoms with Crippen molar-refractivity contribution in [2.45, 2.75) is 52.4 Å². The molecule has 2 N–H and O–H groups in total. The van der Waals surface area contributed by atoms with E-state index < -0.39 is 0 Å². The molecule has 5 heterocycles. The molecular formula is C28H29BrN4. The minimum atomic E-state index is 0.923. The number of H-pyrrole nitrogens is 2. The first-order chi connectivity index (χ1) is 16.2. The summed E-state index contributed by atoms with van der Waals surface area (Å²) in [5.74, 6) is 0. The average Bonchev–Trinajstić information content (AvgIpc) is 3.62. The van der Waals surface area contributed by atoms with Crippen LogP contribution in [0.4, 0.5) is 0 Å². The molecule has 33 heavy (non-hydrogen) atoms. The van der Waals surface area contributed by atoms with Crippen LogP contribution in [0.5, 0.6) is 0 Å². The van der Waals surface area contributed by atoms with E-state index in [4.69, 9.17) is 9.97 Å². The largest absolute Gasteiger partial charge is 0.355 e. The molecule has 2 aliphatic rings. The lowest BCUT2D eigenvalue weighted by Gasteiger charge is -2.02. The molecule has 5 heteroatoms. The lowest BCUT2D eigenvalue weighted by Crippen LogP contribution is -1.92. The number of aryl methyl sites for hydroxylation is 2. The summed E-state index contributed by atoms with van der Waals surface area (Å²) in [6.45, 7) is 4.46. The smallest absolute Gasteiger partial charge is 0.0801 e. The van der Waals surface area contributed by atoms with Crippen LogP contribution in [0.15, 0.2) is 34.8 Å². The summed E-state index contributed by atoms with van der Waals surface area (Å²) in [5.41, 5.74) is 10.9. The van der Waals surface area contributed by atoms with Crippen LogP contribution < -0.4 is 0 Å². The molecule has 3 aromatic heterocycles. The second-order valence-electron chi connectivity index (χ2n) is 8.71. The maximum absolute atomic E-state index is 5.00. The molecule has 3 aromatic rings. The van der Waals surface area contributed by atoms with Crippen LogP contribution in [-0.4, -0.2) is 19.9 Å². The Morgan fingerprint density at radius 3 is 1.58 bits per heavy atom. The van der Waals surface area contributed by atoms with E-state index in [2.05, 4.69) is 94.4 Å². The van der Waals surface area contributed by atoms with E-state index in [1.165, 1.54) is 11.1 Å². The summed E-state index contributed by atoms with van der Waals surface area (Å²) in [5, 5.41) is 0. The fourth-order valence-corrected chi connectivity index (χ4v) is 4.90. The van der Waals surface area contributed by atoms with Crippen molar-refractivity contribution in [3.8, 4) is 0 Å². The van der Waals surface area contributed by atoms with Gasteiger partial charge in [0, 0.05) is 33.2 Å². The zero-order chi connectivity index (χ0) is 22.8. The highest BCUT2D eigenvalue weighted by Gasteiger charge is 2.14. The third-order valence-corrected chi connectivity index (χ3v) is 7.10. The van der Waals surface area contributed by atoms with Gasteiger partial charge in [0.15, 0.2) is 0 Å². The van der Waals surface area contributed by atoms with Gasteiger partial charge >= 0.3 is 0 Å². The van der Waals surface area contributed by atoms with Crippen LogP contribution in [0.3, 0.4) is 0 Å². The number of aromatic nitrogens is 4. The third kappa shape index (κ3) is 4.47. The zero-order valence-corrected chi connectivity index (χ0v) is 20.8. The maximum Gasteiger partial charge on any atom is 0.0801 e. The maximum atomic E-state index is 5.00. The van der Waals surface area contributed by atoms with Crippen LogP contribution in [0.1, 0.15) is 73.4 Å². The van der Waals surface area contributed by atoms with Gasteiger partial charge in [-0.2, -0.15) is 0 Å². The van der Waals surface area contributed by atoms with E-state index in [9.17, 15) is 0 Å². The van der Waals surface area contributed by atoms with Gasteiger partial charge in [-0.3, -0.25) is 0 Å². The number of fused-ring (bicyclic) bond motifs is 8. The first kappa shape index (κ1) is 21.9. The van der Waals surface area contributed by atoms with Gasteiger partial charge in [0.25, 0.3) is 0 Å². The van der Waals surface area contributed by atoms with Crippen molar-refractivity contribution in [1.82, 2.24) is 19.9 Å². The Kier molecular flexibility index (Phi) is 6.32. The number of halogens is 1. The van der Waals surface area contributed by atoms with Gasteiger partial charge in [-0.05, 0) is 96.2 Å². The van der Waals surface area contributed by atoms with E-state index >= 15 is 0 Å². The van der Waals surface area contributed by atoms with E-state index in [1.807, 2.05) is 0 Å². The normalized spacial score (nSPS) is 12.6. The van der Waals surface area contributed by atoms with E-state index in [0.717, 1.165) is 87.8 Å². The number of unbranched alkanes of at least 4 members (excludes halogenated alkanes) is 2. The molecule has 0 radical (unpaired) electrons. The van der Waals surface area contributed by atoms with Crippen LogP contribution >= 0.6 is 15.9 Å². The van der Waals surface area contributed by atoms with Gasteiger partial charge in [0.2, 0.25) is 0 Å². The highest BCUT2D eigenvalue weighted by molar-refractivity contribution is 9.10. The number of hydrogen-bond acceptors (Lipinski definition) is 2. The van der Waals surface area contributed by atoms with E-state index in [-0.39, 0.29) is 0 Å². The van der Waals surface area contributed by atoms with Crippen molar-refractivity contribution in [2.75, 3.05) is 0 Å². The third-order valence-electron chi connectivity index (χ3n) is 6.29. The predicted molar refractivity (Wildman–Crippen MR) is 144 cm³/mol. The summed E-state index contributed by atoms with van der Waals surface area (Å²) in [7, 11) is 0. The molecule has 0 amide bonds. The number of aromatic amines is 2. The molecule has 0 aromatic carbocycles. The van der Waals surface area contributed by atoms with Crippen molar-refractivity contribution >= 4 is 62.3 Å². The van der Waals surface area contributed by atoms with Crippen LogP contribution in [0, 0.1) is 0 Å². The lowest BCUT2D eigenvalue weighted by molar-refractivity contribution is 0.794. The van der Waals surface area contributed by atoms with Gasteiger partial charge in [-0.1, -0.05) is 26.7 Å². The Bertz CT molecular complexity index is 1300. The molecular weight excluding hydrogens is 472 g/mol. The van der Waals surface area contributed by atoms with Crippen LogP contribution in [0.2, 0.25) is 0 Å². The summed E-state index contributed by atoms with van der Waals surface area (Å²) in [4.78, 5) is 17.2. The first-order valence-electron chi connectivity index (χ1n) is 11.9. The highest BCUT2D eigenvalue weighted by atomic mass is 79.9. The molecule has 0 spiro atoms. The Balaban J connectivity index is 1.84. The summed E-state index contributed by atoms with van der Waals surface area (Å²) < 4.78 is 0.935. The average molecular weight is 501 g/mol. The van der Waals surface area contributed by atoms with Gasteiger partial charge in [-0.15, -0.1) is 0 Å². The van der Waals surface area contributed by atoms with Gasteiger partial charge in [0.1, 0.15) is 0 Å². The second kappa shape index (κ2) is 9.52. The number of nitrogens with one attached hydrogen (secondary N) is 2. The fourth-order valence-electron chi connectivity index (χ4n) is 4.46. The molecule has 0 saturated heterocycles. The van der Waals surface area contributed by atoms with Crippen molar-refractivity contribution in [3.63, 3.8) is 0 Å². The topological polar surface area (TPSA) is 57.4 Å². The minimum absolute atomic E-state index is 0.923. The van der Waals surface area contributed by atoms with Crippen molar-refractivity contribution in [1.29, 1.82) is 0 Å². The van der Waals surface area contributed by atoms with Gasteiger partial charge in [-0.25, -0.2) is 9.97 Å². The molecule has 4 nitrogen and oxygen atoms in total. The van der Waals surface area contributed by atoms with E-state index in [1.54, 1.807) is 0 Å². The van der Waals surface area contributed by atoms with Crippen LogP contribution in [-0.2, 0) is 12.8 Å². The monoisotopic (exact) mass is 500 g/mol. The standard InChI is InChI=1S/C28H29BrN4/c1-3-5-7-20-22-11-9-18(30-22)17-19-10-12-23(31-19)21(8-6-4-2)25-14-16-27(33-25)28(29)26-15-13-24(20)32-26/h9-17,30-31H,3-8H2,1-2H3.